The molecule has 152 valence electrons. The standard InChI is InChI=1S/C21H26N6O2/c1-4-27(5-2)13-15-12-16(9-10-24-15)29-18-8-6-7-14-11-17(25-19(14)18)20(28)26(3)21(22)23/h6-12,25H,4-5,13H2,1-3H3,(H3,22,23). The van der Waals surface area contributed by atoms with E-state index in [1.165, 1.54) is 7.05 Å². The fourth-order valence-corrected chi connectivity index (χ4v) is 3.03. The van der Waals surface area contributed by atoms with Crippen LogP contribution in [0.4, 0.5) is 0 Å². The summed E-state index contributed by atoms with van der Waals surface area (Å²) >= 11 is 0. The van der Waals surface area contributed by atoms with E-state index >= 15 is 0 Å². The number of guanidine groups is 1. The van der Waals surface area contributed by atoms with Crippen molar-refractivity contribution in [2.45, 2.75) is 20.4 Å². The van der Waals surface area contributed by atoms with Crippen molar-refractivity contribution in [3.8, 4) is 11.5 Å². The summed E-state index contributed by atoms with van der Waals surface area (Å²) in [7, 11) is 1.46. The van der Waals surface area contributed by atoms with Gasteiger partial charge in [-0.1, -0.05) is 26.0 Å². The Hall–Kier alpha value is -3.39. The normalized spacial score (nSPS) is 11.0. The molecule has 0 bridgehead atoms. The Kier molecular flexibility index (Phi) is 6.13. The first-order chi connectivity index (χ1) is 13.9. The highest BCUT2D eigenvalue weighted by Gasteiger charge is 2.18. The van der Waals surface area contributed by atoms with Gasteiger partial charge in [0, 0.05) is 31.2 Å². The summed E-state index contributed by atoms with van der Waals surface area (Å²) in [4.78, 5) is 23.3. The topological polar surface area (TPSA) is 111 Å². The van der Waals surface area contributed by atoms with Crippen LogP contribution in [0, 0.1) is 5.41 Å². The smallest absolute Gasteiger partial charge is 0.276 e. The molecule has 4 N–H and O–H groups in total. The molecule has 8 nitrogen and oxygen atoms in total. The van der Waals surface area contributed by atoms with Gasteiger partial charge in [0.2, 0.25) is 0 Å². The third-order valence-electron chi connectivity index (χ3n) is 4.81. The van der Waals surface area contributed by atoms with Crippen molar-refractivity contribution in [1.82, 2.24) is 19.8 Å². The number of nitrogens with two attached hydrogens (primary N) is 1. The van der Waals surface area contributed by atoms with Gasteiger partial charge in [0.05, 0.1) is 11.2 Å². The molecule has 29 heavy (non-hydrogen) atoms. The summed E-state index contributed by atoms with van der Waals surface area (Å²) in [5.41, 5.74) is 7.39. The van der Waals surface area contributed by atoms with Gasteiger partial charge >= 0.3 is 0 Å². The number of aromatic amines is 1. The van der Waals surface area contributed by atoms with Gasteiger partial charge in [0.25, 0.3) is 5.91 Å². The number of nitrogens with one attached hydrogen (secondary N) is 2. The highest BCUT2D eigenvalue weighted by Crippen LogP contribution is 2.30. The van der Waals surface area contributed by atoms with Crippen molar-refractivity contribution >= 4 is 22.8 Å². The Bertz CT molecular complexity index is 1020. The van der Waals surface area contributed by atoms with Crippen LogP contribution >= 0.6 is 0 Å². The number of amides is 1. The third-order valence-corrected chi connectivity index (χ3v) is 4.81. The highest BCUT2D eigenvalue weighted by atomic mass is 16.5. The lowest BCUT2D eigenvalue weighted by Crippen LogP contribution is -2.38. The second-order valence-corrected chi connectivity index (χ2v) is 6.70. The molecule has 2 heterocycles. The van der Waals surface area contributed by atoms with Gasteiger partial charge in [-0.2, -0.15) is 0 Å². The van der Waals surface area contributed by atoms with E-state index in [4.69, 9.17) is 15.9 Å². The van der Waals surface area contributed by atoms with Gasteiger partial charge in [-0.15, -0.1) is 0 Å². The third kappa shape index (κ3) is 4.55. The van der Waals surface area contributed by atoms with Crippen molar-refractivity contribution in [3.63, 3.8) is 0 Å². The molecule has 0 unspecified atom stereocenters. The van der Waals surface area contributed by atoms with Crippen molar-refractivity contribution in [1.29, 1.82) is 5.41 Å². The first-order valence-corrected chi connectivity index (χ1v) is 9.51. The van der Waals surface area contributed by atoms with Crippen LogP contribution in [0.2, 0.25) is 0 Å². The molecule has 3 aromatic rings. The van der Waals surface area contributed by atoms with Crippen molar-refractivity contribution in [3.05, 3.63) is 54.0 Å². The Morgan fingerprint density at radius 3 is 2.69 bits per heavy atom. The lowest BCUT2D eigenvalue weighted by molar-refractivity contribution is 0.0864. The molecule has 0 saturated carbocycles. The van der Waals surface area contributed by atoms with Gasteiger partial charge < -0.3 is 15.5 Å². The minimum Gasteiger partial charge on any atom is -0.455 e. The summed E-state index contributed by atoms with van der Waals surface area (Å²) in [5, 5.41) is 8.27. The molecule has 0 aliphatic rings. The van der Waals surface area contributed by atoms with Crippen LogP contribution in [0.15, 0.2) is 42.6 Å². The number of pyridine rings is 1. The second-order valence-electron chi connectivity index (χ2n) is 6.70. The molecule has 0 aliphatic carbocycles. The molecular weight excluding hydrogens is 368 g/mol. The zero-order valence-electron chi connectivity index (χ0n) is 16.9. The molecule has 1 aromatic carbocycles. The van der Waals surface area contributed by atoms with E-state index in [0.29, 0.717) is 22.7 Å². The average Bonchev–Trinajstić information content (AvgIpc) is 3.16. The van der Waals surface area contributed by atoms with Gasteiger partial charge in [0.15, 0.2) is 11.7 Å². The van der Waals surface area contributed by atoms with Crippen molar-refractivity contribution in [2.75, 3.05) is 20.1 Å². The molecule has 8 heteroatoms. The summed E-state index contributed by atoms with van der Waals surface area (Å²) < 4.78 is 6.10. The van der Waals surface area contributed by atoms with E-state index < -0.39 is 0 Å². The van der Waals surface area contributed by atoms with E-state index in [-0.39, 0.29) is 11.9 Å². The van der Waals surface area contributed by atoms with Gasteiger partial charge in [-0.3, -0.25) is 25.0 Å². The Morgan fingerprint density at radius 2 is 2.00 bits per heavy atom. The van der Waals surface area contributed by atoms with Crippen molar-refractivity contribution < 1.29 is 9.53 Å². The molecule has 0 saturated heterocycles. The average molecular weight is 394 g/mol. The number of carbonyl (C=O) groups excluding carboxylic acids is 1. The Labute approximate surface area is 169 Å². The second kappa shape index (κ2) is 8.74. The minimum absolute atomic E-state index is 0.317. The van der Waals surface area contributed by atoms with Gasteiger partial charge in [-0.25, -0.2) is 0 Å². The minimum atomic E-state index is -0.384. The quantitative estimate of drug-likeness (QED) is 0.421. The Morgan fingerprint density at radius 1 is 1.24 bits per heavy atom. The fraction of sp³-hybridized carbons (Fsp3) is 0.286. The molecule has 0 spiro atoms. The zero-order chi connectivity index (χ0) is 21.0. The number of aromatic nitrogens is 2. The number of para-hydroxylation sites is 1. The van der Waals surface area contributed by atoms with E-state index in [9.17, 15) is 4.79 Å². The van der Waals surface area contributed by atoms with Crippen LogP contribution in [0.5, 0.6) is 11.5 Å². The maximum absolute atomic E-state index is 12.4. The largest absolute Gasteiger partial charge is 0.455 e. The van der Waals surface area contributed by atoms with Crippen LogP contribution < -0.4 is 10.5 Å². The van der Waals surface area contributed by atoms with Gasteiger partial charge in [0.1, 0.15) is 11.4 Å². The summed E-state index contributed by atoms with van der Waals surface area (Å²) in [6.07, 6.45) is 1.74. The maximum atomic E-state index is 12.4. The highest BCUT2D eigenvalue weighted by molar-refractivity contribution is 6.06. The molecule has 1 amide bonds. The van der Waals surface area contributed by atoms with E-state index in [0.717, 1.165) is 35.6 Å². The van der Waals surface area contributed by atoms with E-state index in [1.54, 1.807) is 12.3 Å². The number of carbonyl (C=O) groups is 1. The molecule has 2 aromatic heterocycles. The number of fused-ring (bicyclic) bond motifs is 1. The van der Waals surface area contributed by atoms with E-state index in [1.807, 2.05) is 30.3 Å². The van der Waals surface area contributed by atoms with Crippen LogP contribution in [-0.4, -0.2) is 51.8 Å². The lowest BCUT2D eigenvalue weighted by atomic mass is 10.2. The lowest BCUT2D eigenvalue weighted by Gasteiger charge is -2.17. The maximum Gasteiger partial charge on any atom is 0.276 e. The summed E-state index contributed by atoms with van der Waals surface area (Å²) in [5.74, 6) is 0.581. The molecule has 3 rings (SSSR count). The molecule has 0 atom stereocenters. The monoisotopic (exact) mass is 394 g/mol. The van der Waals surface area contributed by atoms with Gasteiger partial charge in [-0.05, 0) is 31.3 Å². The van der Waals surface area contributed by atoms with Crippen LogP contribution in [0.3, 0.4) is 0 Å². The molecule has 0 fully saturated rings. The SMILES string of the molecule is CCN(CC)Cc1cc(Oc2cccc3cc(C(=O)N(C)C(=N)N)[nH]c23)ccn1. The van der Waals surface area contributed by atoms with Crippen LogP contribution in [-0.2, 0) is 6.54 Å². The van der Waals surface area contributed by atoms with Crippen LogP contribution in [0.25, 0.3) is 10.9 Å². The predicted molar refractivity (Wildman–Crippen MR) is 113 cm³/mol. The number of H-pyrrole nitrogens is 1. The summed E-state index contributed by atoms with van der Waals surface area (Å²) in [6, 6.07) is 11.1. The number of hydrogen-bond acceptors (Lipinski definition) is 5. The first-order valence-electron chi connectivity index (χ1n) is 9.51. The molecular formula is C21H26N6O2. The number of ether oxygens (including phenoxy) is 1. The zero-order valence-corrected chi connectivity index (χ0v) is 16.9. The molecule has 0 radical (unpaired) electrons. The van der Waals surface area contributed by atoms with Crippen molar-refractivity contribution in [2.24, 2.45) is 5.73 Å². The number of benzene rings is 1. The number of nitrogens with zero attached hydrogens (tertiary/aromatic N) is 3. The first kappa shape index (κ1) is 20.3. The number of rotatable bonds is 7. The predicted octanol–water partition coefficient (Wildman–Crippen LogP) is 3.16. The molecule has 0 aliphatic heterocycles. The van der Waals surface area contributed by atoms with E-state index in [2.05, 4.69) is 28.7 Å². The number of hydrogen-bond donors (Lipinski definition) is 3. The Balaban J connectivity index is 1.87. The summed E-state index contributed by atoms with van der Waals surface area (Å²) in [6.45, 7) is 6.91. The van der Waals surface area contributed by atoms with Crippen LogP contribution in [0.1, 0.15) is 30.0 Å². The fourth-order valence-electron chi connectivity index (χ4n) is 3.03.